The van der Waals surface area contributed by atoms with Gasteiger partial charge in [0.05, 0.1) is 18.0 Å². The van der Waals surface area contributed by atoms with Crippen molar-refractivity contribution in [2.45, 2.75) is 32.7 Å². The van der Waals surface area contributed by atoms with E-state index in [1.165, 1.54) is 22.4 Å². The summed E-state index contributed by atoms with van der Waals surface area (Å²) in [6.45, 7) is 4.03. The van der Waals surface area contributed by atoms with Gasteiger partial charge >= 0.3 is 0 Å². The van der Waals surface area contributed by atoms with Crippen LogP contribution in [-0.4, -0.2) is 34.0 Å². The van der Waals surface area contributed by atoms with Gasteiger partial charge in [0.1, 0.15) is 5.82 Å². The number of aromatic nitrogens is 2. The molecule has 0 saturated carbocycles. The number of aliphatic hydroxyl groups is 1. The summed E-state index contributed by atoms with van der Waals surface area (Å²) >= 11 is 0. The van der Waals surface area contributed by atoms with E-state index in [1.54, 1.807) is 0 Å². The summed E-state index contributed by atoms with van der Waals surface area (Å²) in [6.07, 6.45) is 11.4. The molecule has 3 heterocycles. The van der Waals surface area contributed by atoms with E-state index in [-0.39, 0.29) is 12.0 Å². The van der Waals surface area contributed by atoms with Gasteiger partial charge in [-0.15, -0.1) is 0 Å². The maximum absolute atomic E-state index is 9.68. The standard InChI is InChI=1S/C24H25N3O/c1-24(16-28)11-7-17(8-12-24)21-22(18-5-3-2-4-6-18)27-14-10-19-15-25-13-9-20(19)23(27)26-21/h2-8,11,15,28H,9-10,12-14,16H2,1H3. The molecule has 0 saturated heterocycles. The molecular formula is C24H25N3O. The Hall–Kier alpha value is -2.72. The van der Waals surface area contributed by atoms with Crippen molar-refractivity contribution in [3.05, 3.63) is 65.7 Å². The zero-order valence-corrected chi connectivity index (χ0v) is 16.2. The van der Waals surface area contributed by atoms with Crippen LogP contribution in [0.25, 0.3) is 22.4 Å². The van der Waals surface area contributed by atoms with Gasteiger partial charge in [-0.1, -0.05) is 55.5 Å². The minimum atomic E-state index is -0.175. The summed E-state index contributed by atoms with van der Waals surface area (Å²) in [5, 5.41) is 9.68. The van der Waals surface area contributed by atoms with Crippen LogP contribution >= 0.6 is 0 Å². The number of dihydropyridines is 1. The van der Waals surface area contributed by atoms with Crippen LogP contribution in [0.3, 0.4) is 0 Å². The van der Waals surface area contributed by atoms with Gasteiger partial charge in [-0.2, -0.15) is 0 Å². The Morgan fingerprint density at radius 2 is 2.04 bits per heavy atom. The lowest BCUT2D eigenvalue weighted by Gasteiger charge is -2.25. The minimum absolute atomic E-state index is 0.161. The fourth-order valence-electron chi connectivity index (χ4n) is 4.35. The van der Waals surface area contributed by atoms with Gasteiger partial charge < -0.3 is 9.67 Å². The van der Waals surface area contributed by atoms with Gasteiger partial charge in [-0.3, -0.25) is 4.99 Å². The molecule has 0 amide bonds. The van der Waals surface area contributed by atoms with Crippen LogP contribution in [0.4, 0.5) is 0 Å². The highest BCUT2D eigenvalue weighted by Crippen LogP contribution is 2.40. The number of aliphatic hydroxyl groups excluding tert-OH is 1. The lowest BCUT2D eigenvalue weighted by atomic mass is 9.82. The number of imidazole rings is 1. The Balaban J connectivity index is 1.68. The number of hydrogen-bond acceptors (Lipinski definition) is 3. The first-order valence-corrected chi connectivity index (χ1v) is 10.1. The molecule has 0 bridgehead atoms. The third kappa shape index (κ3) is 2.80. The molecule has 0 fully saturated rings. The van der Waals surface area contributed by atoms with Crippen molar-refractivity contribution >= 4 is 17.4 Å². The molecule has 4 nitrogen and oxygen atoms in total. The monoisotopic (exact) mass is 371 g/mol. The van der Waals surface area contributed by atoms with Gasteiger partial charge in [0.2, 0.25) is 0 Å². The molecule has 142 valence electrons. The molecule has 3 aliphatic rings. The van der Waals surface area contributed by atoms with Gasteiger partial charge in [-0.05, 0) is 30.4 Å². The number of aliphatic imine (C=N–C) groups is 1. The first-order chi connectivity index (χ1) is 13.7. The number of allylic oxidation sites excluding steroid dienone is 4. The van der Waals surface area contributed by atoms with Crippen molar-refractivity contribution in [1.82, 2.24) is 9.55 Å². The van der Waals surface area contributed by atoms with E-state index in [4.69, 9.17) is 4.98 Å². The molecule has 1 N–H and O–H groups in total. The molecule has 4 heteroatoms. The van der Waals surface area contributed by atoms with E-state index in [1.807, 2.05) is 6.21 Å². The Labute approximate surface area is 165 Å². The molecule has 1 atom stereocenters. The zero-order chi connectivity index (χ0) is 19.1. The number of rotatable bonds is 3. The van der Waals surface area contributed by atoms with E-state index >= 15 is 0 Å². The van der Waals surface area contributed by atoms with Gasteiger partial charge in [0.15, 0.2) is 0 Å². The van der Waals surface area contributed by atoms with Crippen LogP contribution in [0.5, 0.6) is 0 Å². The second-order valence-corrected chi connectivity index (χ2v) is 8.20. The summed E-state index contributed by atoms with van der Waals surface area (Å²) in [6, 6.07) is 10.6. The van der Waals surface area contributed by atoms with Gasteiger partial charge in [0.25, 0.3) is 0 Å². The van der Waals surface area contributed by atoms with E-state index in [9.17, 15) is 5.11 Å². The molecule has 1 unspecified atom stereocenters. The van der Waals surface area contributed by atoms with Crippen molar-refractivity contribution < 1.29 is 5.11 Å². The second-order valence-electron chi connectivity index (χ2n) is 8.20. The number of benzene rings is 1. The molecule has 1 aromatic heterocycles. The fraction of sp³-hybridized carbons (Fsp3) is 0.333. The van der Waals surface area contributed by atoms with Crippen LogP contribution in [0.1, 0.15) is 37.7 Å². The van der Waals surface area contributed by atoms with Crippen molar-refractivity contribution in [3.8, 4) is 11.3 Å². The summed E-state index contributed by atoms with van der Waals surface area (Å²) in [5.41, 5.74) is 7.13. The topological polar surface area (TPSA) is 50.4 Å². The molecule has 2 aliphatic heterocycles. The molecule has 5 rings (SSSR count). The van der Waals surface area contributed by atoms with Crippen molar-refractivity contribution in [2.75, 3.05) is 13.2 Å². The lowest BCUT2D eigenvalue weighted by molar-refractivity contribution is 0.186. The van der Waals surface area contributed by atoms with E-state index in [0.29, 0.717) is 0 Å². The largest absolute Gasteiger partial charge is 0.395 e. The van der Waals surface area contributed by atoms with Crippen molar-refractivity contribution in [3.63, 3.8) is 0 Å². The zero-order valence-electron chi connectivity index (χ0n) is 16.2. The number of nitrogens with zero attached hydrogens (tertiary/aromatic N) is 3. The number of hydrogen-bond donors (Lipinski definition) is 1. The van der Waals surface area contributed by atoms with Crippen molar-refractivity contribution in [1.29, 1.82) is 0 Å². The Morgan fingerprint density at radius 1 is 1.18 bits per heavy atom. The quantitative estimate of drug-likeness (QED) is 0.862. The van der Waals surface area contributed by atoms with Crippen LogP contribution in [-0.2, 0) is 6.54 Å². The maximum atomic E-state index is 9.68. The highest BCUT2D eigenvalue weighted by Gasteiger charge is 2.29. The minimum Gasteiger partial charge on any atom is -0.395 e. The molecular weight excluding hydrogens is 346 g/mol. The fourth-order valence-corrected chi connectivity index (χ4v) is 4.35. The predicted octanol–water partition coefficient (Wildman–Crippen LogP) is 4.52. The lowest BCUT2D eigenvalue weighted by Crippen LogP contribution is -2.19. The highest BCUT2D eigenvalue weighted by atomic mass is 16.3. The second kappa shape index (κ2) is 6.71. The molecule has 0 radical (unpaired) electrons. The van der Waals surface area contributed by atoms with E-state index in [2.05, 4.69) is 65.0 Å². The smallest absolute Gasteiger partial charge is 0.137 e. The highest BCUT2D eigenvalue weighted by molar-refractivity contribution is 5.93. The van der Waals surface area contributed by atoms with Crippen LogP contribution in [0.15, 0.2) is 59.1 Å². The normalized spacial score (nSPS) is 23.4. The summed E-state index contributed by atoms with van der Waals surface area (Å²) < 4.78 is 2.40. The third-order valence-corrected chi connectivity index (χ3v) is 6.10. The van der Waals surface area contributed by atoms with Gasteiger partial charge in [-0.25, -0.2) is 4.98 Å². The average Bonchev–Trinajstić information content (AvgIpc) is 3.15. The van der Waals surface area contributed by atoms with E-state index in [0.717, 1.165) is 49.4 Å². The predicted molar refractivity (Wildman–Crippen MR) is 114 cm³/mol. The molecule has 1 aromatic carbocycles. The van der Waals surface area contributed by atoms with E-state index < -0.39 is 0 Å². The third-order valence-electron chi connectivity index (χ3n) is 6.10. The molecule has 28 heavy (non-hydrogen) atoms. The van der Waals surface area contributed by atoms with Crippen molar-refractivity contribution in [2.24, 2.45) is 10.4 Å². The van der Waals surface area contributed by atoms with Crippen LogP contribution in [0.2, 0.25) is 0 Å². The first-order valence-electron chi connectivity index (χ1n) is 10.1. The molecule has 1 aliphatic carbocycles. The Morgan fingerprint density at radius 3 is 2.79 bits per heavy atom. The summed E-state index contributed by atoms with van der Waals surface area (Å²) in [7, 11) is 0. The molecule has 2 aromatic rings. The maximum Gasteiger partial charge on any atom is 0.137 e. The van der Waals surface area contributed by atoms with Gasteiger partial charge in [0, 0.05) is 35.9 Å². The Kier molecular flexibility index (Phi) is 4.17. The molecule has 0 spiro atoms. The number of fused-ring (bicyclic) bond motifs is 2. The summed E-state index contributed by atoms with van der Waals surface area (Å²) in [4.78, 5) is 9.64. The van der Waals surface area contributed by atoms with Crippen LogP contribution in [0, 0.1) is 5.41 Å². The average molecular weight is 371 g/mol. The van der Waals surface area contributed by atoms with Crippen LogP contribution < -0.4 is 0 Å². The summed E-state index contributed by atoms with van der Waals surface area (Å²) in [5.74, 6) is 1.10. The first kappa shape index (κ1) is 17.4. The Bertz CT molecular complexity index is 1040. The SMILES string of the molecule is CC1(CO)C=CC(c2nc3n(c2-c2ccccc2)CCC2=C3CCN=C2)=CC1.